The maximum absolute atomic E-state index is 13.1. The summed E-state index contributed by atoms with van der Waals surface area (Å²) < 4.78 is 20.4. The lowest BCUT2D eigenvalue weighted by atomic mass is 10.1. The molecule has 9 heteroatoms. The average molecular weight is 432 g/mol. The van der Waals surface area contributed by atoms with Gasteiger partial charge in [0.1, 0.15) is 5.82 Å². The predicted octanol–water partition coefficient (Wildman–Crippen LogP) is 3.79. The zero-order valence-corrected chi connectivity index (χ0v) is 17.5. The van der Waals surface area contributed by atoms with Gasteiger partial charge < -0.3 is 14.7 Å². The summed E-state index contributed by atoms with van der Waals surface area (Å²) in [5.74, 6) is 0.567. The first-order valence-corrected chi connectivity index (χ1v) is 10.3. The third-order valence-electron chi connectivity index (χ3n) is 5.50. The lowest BCUT2D eigenvalue weighted by Crippen LogP contribution is -2.39. The Bertz CT molecular complexity index is 1250. The molecule has 5 rings (SSSR count). The largest absolute Gasteiger partial charge is 0.332 e. The number of halogens is 1. The van der Waals surface area contributed by atoms with E-state index in [4.69, 9.17) is 4.52 Å². The molecule has 162 valence electrons. The van der Waals surface area contributed by atoms with E-state index in [1.165, 1.54) is 24.3 Å². The molecule has 0 aliphatic carbocycles. The number of urea groups is 1. The second kappa shape index (κ2) is 8.26. The van der Waals surface area contributed by atoms with Gasteiger partial charge in [-0.2, -0.15) is 10.1 Å². The summed E-state index contributed by atoms with van der Waals surface area (Å²) in [6, 6.07) is 15.4. The molecule has 0 fully saturated rings. The standard InChI is InChI=1S/C23H21FN6O2/c1-29-19-11-12-30(23(31)25-17-9-7-16(24)8-10-17)14-18(19)21(27-29)22-26-20(28-32-22)13-15-5-3-2-4-6-15/h2-10H,11-14H2,1H3,(H,25,31). The second-order valence-electron chi connectivity index (χ2n) is 7.68. The first-order chi connectivity index (χ1) is 15.6. The van der Waals surface area contributed by atoms with Crippen molar-refractivity contribution in [1.82, 2.24) is 24.8 Å². The predicted molar refractivity (Wildman–Crippen MR) is 115 cm³/mol. The Morgan fingerprint density at radius 2 is 1.94 bits per heavy atom. The molecule has 32 heavy (non-hydrogen) atoms. The Balaban J connectivity index is 1.35. The molecule has 0 radical (unpaired) electrons. The molecule has 0 spiro atoms. The fraction of sp³-hybridized carbons (Fsp3) is 0.217. The highest BCUT2D eigenvalue weighted by Gasteiger charge is 2.29. The Morgan fingerprint density at radius 3 is 2.72 bits per heavy atom. The number of aryl methyl sites for hydroxylation is 1. The van der Waals surface area contributed by atoms with Gasteiger partial charge in [-0.05, 0) is 29.8 Å². The van der Waals surface area contributed by atoms with Crippen molar-refractivity contribution < 1.29 is 13.7 Å². The van der Waals surface area contributed by atoms with E-state index in [2.05, 4.69) is 20.6 Å². The summed E-state index contributed by atoms with van der Waals surface area (Å²) in [6.07, 6.45) is 1.21. The molecule has 3 heterocycles. The Kier molecular flexibility index (Phi) is 5.14. The number of aromatic nitrogens is 4. The second-order valence-corrected chi connectivity index (χ2v) is 7.68. The number of benzene rings is 2. The molecule has 0 atom stereocenters. The fourth-order valence-corrected chi connectivity index (χ4v) is 3.87. The number of hydrogen-bond donors (Lipinski definition) is 1. The summed E-state index contributed by atoms with van der Waals surface area (Å²) in [5.41, 5.74) is 4.15. The summed E-state index contributed by atoms with van der Waals surface area (Å²) in [6.45, 7) is 0.907. The number of rotatable bonds is 4. The lowest BCUT2D eigenvalue weighted by Gasteiger charge is -2.27. The van der Waals surface area contributed by atoms with Crippen LogP contribution >= 0.6 is 0 Å². The van der Waals surface area contributed by atoms with Gasteiger partial charge in [0.05, 0.1) is 6.54 Å². The number of amides is 2. The molecule has 2 aromatic carbocycles. The topological polar surface area (TPSA) is 89.1 Å². The molecule has 0 saturated carbocycles. The minimum absolute atomic E-state index is 0.257. The van der Waals surface area contributed by atoms with E-state index < -0.39 is 0 Å². The molecule has 4 aromatic rings. The smallest absolute Gasteiger partial charge is 0.322 e. The van der Waals surface area contributed by atoms with Gasteiger partial charge in [-0.3, -0.25) is 4.68 Å². The minimum Gasteiger partial charge on any atom is -0.332 e. The highest BCUT2D eigenvalue weighted by Crippen LogP contribution is 2.29. The summed E-state index contributed by atoms with van der Waals surface area (Å²) >= 11 is 0. The molecule has 1 N–H and O–H groups in total. The Morgan fingerprint density at radius 1 is 1.16 bits per heavy atom. The van der Waals surface area contributed by atoms with E-state index in [1.807, 2.05) is 37.4 Å². The zero-order valence-electron chi connectivity index (χ0n) is 17.5. The van der Waals surface area contributed by atoms with Crippen molar-refractivity contribution in [2.45, 2.75) is 19.4 Å². The normalized spacial score (nSPS) is 13.1. The summed E-state index contributed by atoms with van der Waals surface area (Å²) in [7, 11) is 1.87. The van der Waals surface area contributed by atoms with Crippen LogP contribution in [0.15, 0.2) is 59.1 Å². The van der Waals surface area contributed by atoms with E-state index in [0.29, 0.717) is 49.0 Å². The maximum Gasteiger partial charge on any atom is 0.322 e. The van der Waals surface area contributed by atoms with Crippen molar-refractivity contribution in [2.75, 3.05) is 11.9 Å². The van der Waals surface area contributed by atoms with Crippen LogP contribution < -0.4 is 5.32 Å². The monoisotopic (exact) mass is 432 g/mol. The Hall–Kier alpha value is -4.01. The molecule has 2 amide bonds. The average Bonchev–Trinajstić information content (AvgIpc) is 3.40. The molecule has 1 aliphatic heterocycles. The van der Waals surface area contributed by atoms with Gasteiger partial charge in [-0.25, -0.2) is 9.18 Å². The van der Waals surface area contributed by atoms with Crippen LogP contribution in [0, 0.1) is 5.82 Å². The molecular formula is C23H21FN6O2. The van der Waals surface area contributed by atoms with E-state index in [9.17, 15) is 9.18 Å². The number of nitrogens with one attached hydrogen (secondary N) is 1. The van der Waals surface area contributed by atoms with Crippen LogP contribution in [0.2, 0.25) is 0 Å². The van der Waals surface area contributed by atoms with Crippen LogP contribution in [-0.2, 0) is 26.4 Å². The highest BCUT2D eigenvalue weighted by molar-refractivity contribution is 5.89. The van der Waals surface area contributed by atoms with Crippen molar-refractivity contribution in [3.8, 4) is 11.6 Å². The third-order valence-corrected chi connectivity index (χ3v) is 5.50. The van der Waals surface area contributed by atoms with E-state index in [1.54, 1.807) is 9.58 Å². The van der Waals surface area contributed by atoms with E-state index in [-0.39, 0.29) is 11.8 Å². The van der Waals surface area contributed by atoms with Gasteiger partial charge in [-0.15, -0.1) is 0 Å². The van der Waals surface area contributed by atoms with Crippen molar-refractivity contribution >= 4 is 11.7 Å². The SMILES string of the molecule is Cn1nc(-c2nc(Cc3ccccc3)no2)c2c1CCN(C(=O)Nc1ccc(F)cc1)C2. The first kappa shape index (κ1) is 19.9. The van der Waals surface area contributed by atoms with Crippen molar-refractivity contribution in [1.29, 1.82) is 0 Å². The van der Waals surface area contributed by atoms with Gasteiger partial charge in [0, 0.05) is 43.4 Å². The third kappa shape index (κ3) is 3.96. The van der Waals surface area contributed by atoms with Crippen molar-refractivity contribution in [3.63, 3.8) is 0 Å². The van der Waals surface area contributed by atoms with Crippen molar-refractivity contribution in [2.24, 2.45) is 7.05 Å². The number of carbonyl (C=O) groups excluding carboxylic acids is 1. The first-order valence-electron chi connectivity index (χ1n) is 10.3. The minimum atomic E-state index is -0.350. The maximum atomic E-state index is 13.1. The molecular weight excluding hydrogens is 411 g/mol. The van der Waals surface area contributed by atoms with Crippen LogP contribution in [0.1, 0.15) is 22.6 Å². The molecule has 0 unspecified atom stereocenters. The van der Waals surface area contributed by atoms with Crippen LogP contribution in [0.4, 0.5) is 14.9 Å². The van der Waals surface area contributed by atoms with E-state index >= 15 is 0 Å². The molecule has 2 aromatic heterocycles. The van der Waals surface area contributed by atoms with Crippen LogP contribution in [0.5, 0.6) is 0 Å². The van der Waals surface area contributed by atoms with Gasteiger partial charge in [0.25, 0.3) is 5.89 Å². The van der Waals surface area contributed by atoms with Crippen LogP contribution in [0.25, 0.3) is 11.6 Å². The molecule has 1 aliphatic rings. The number of anilines is 1. The summed E-state index contributed by atoms with van der Waals surface area (Å²) in [4.78, 5) is 19.0. The quantitative estimate of drug-likeness (QED) is 0.530. The van der Waals surface area contributed by atoms with Crippen LogP contribution in [0.3, 0.4) is 0 Å². The van der Waals surface area contributed by atoms with Crippen LogP contribution in [-0.4, -0.2) is 37.4 Å². The summed E-state index contributed by atoms with van der Waals surface area (Å²) in [5, 5.41) is 11.5. The van der Waals surface area contributed by atoms with E-state index in [0.717, 1.165) is 16.8 Å². The molecule has 0 saturated heterocycles. The van der Waals surface area contributed by atoms with Gasteiger partial charge in [-0.1, -0.05) is 35.5 Å². The lowest BCUT2D eigenvalue weighted by molar-refractivity contribution is 0.206. The number of carbonyl (C=O) groups is 1. The number of hydrogen-bond acceptors (Lipinski definition) is 5. The highest BCUT2D eigenvalue weighted by atomic mass is 19.1. The number of fused-ring (bicyclic) bond motifs is 1. The molecule has 0 bridgehead atoms. The van der Waals surface area contributed by atoms with Gasteiger partial charge >= 0.3 is 6.03 Å². The Labute approximate surface area is 183 Å². The fourth-order valence-electron chi connectivity index (χ4n) is 3.87. The zero-order chi connectivity index (χ0) is 22.1. The molecule has 8 nitrogen and oxygen atoms in total. The van der Waals surface area contributed by atoms with Gasteiger partial charge in [0.15, 0.2) is 11.5 Å². The van der Waals surface area contributed by atoms with Gasteiger partial charge in [0.2, 0.25) is 0 Å². The number of nitrogens with zero attached hydrogens (tertiary/aromatic N) is 5. The van der Waals surface area contributed by atoms with Crippen molar-refractivity contribution in [3.05, 3.63) is 83.1 Å².